The maximum absolute atomic E-state index is 8.62. The van der Waals surface area contributed by atoms with Crippen LogP contribution < -0.4 is 4.74 Å². The fraction of sp³-hybridized carbons (Fsp3) is 0.273. The maximum atomic E-state index is 8.62. The Morgan fingerprint density at radius 3 is 2.86 bits per heavy atom. The Morgan fingerprint density at radius 2 is 2.29 bits per heavy atom. The van der Waals surface area contributed by atoms with Crippen LogP contribution in [-0.2, 0) is 0 Å². The monoisotopic (exact) mass is 304 g/mol. The first kappa shape index (κ1) is 11.5. The van der Waals surface area contributed by atoms with Gasteiger partial charge in [0.1, 0.15) is 5.75 Å². The normalized spacial score (nSPS) is 10.8. The minimum absolute atomic E-state index is 0.0732. The van der Waals surface area contributed by atoms with Gasteiger partial charge in [-0.15, -0.1) is 0 Å². The van der Waals surface area contributed by atoms with Gasteiger partial charge in [-0.25, -0.2) is 0 Å². The number of halogens is 1. The lowest BCUT2D eigenvalue weighted by Crippen LogP contribution is -1.93. The number of hydrogen-bond donors (Lipinski definition) is 1. The molecule has 0 aliphatic heterocycles. The summed E-state index contributed by atoms with van der Waals surface area (Å²) in [6, 6.07) is 5.94. The van der Waals surface area contributed by atoms with Crippen LogP contribution >= 0.6 is 22.6 Å². The van der Waals surface area contributed by atoms with Crippen molar-refractivity contribution < 1.29 is 9.84 Å². The van der Waals surface area contributed by atoms with E-state index in [9.17, 15) is 0 Å². The van der Waals surface area contributed by atoms with E-state index in [2.05, 4.69) is 22.6 Å². The van der Waals surface area contributed by atoms with Crippen LogP contribution in [0, 0.1) is 3.57 Å². The molecule has 3 heteroatoms. The zero-order valence-electron chi connectivity index (χ0n) is 8.03. The van der Waals surface area contributed by atoms with Crippen molar-refractivity contribution in [2.45, 2.75) is 6.92 Å². The predicted molar refractivity (Wildman–Crippen MR) is 66.4 cm³/mol. The van der Waals surface area contributed by atoms with Crippen LogP contribution in [-0.4, -0.2) is 18.3 Å². The molecule has 0 unspecified atom stereocenters. The summed E-state index contributed by atoms with van der Waals surface area (Å²) in [6.07, 6.45) is 3.60. The summed E-state index contributed by atoms with van der Waals surface area (Å²) in [6.45, 7) is 2.72. The van der Waals surface area contributed by atoms with Gasteiger partial charge < -0.3 is 9.84 Å². The van der Waals surface area contributed by atoms with Gasteiger partial charge in [0.25, 0.3) is 0 Å². The van der Waals surface area contributed by atoms with Crippen molar-refractivity contribution in [1.82, 2.24) is 0 Å². The van der Waals surface area contributed by atoms with Crippen molar-refractivity contribution in [3.63, 3.8) is 0 Å². The van der Waals surface area contributed by atoms with Gasteiger partial charge in [-0.2, -0.15) is 0 Å². The fourth-order valence-electron chi connectivity index (χ4n) is 1.08. The largest absolute Gasteiger partial charge is 0.493 e. The molecule has 76 valence electrons. The van der Waals surface area contributed by atoms with Crippen molar-refractivity contribution in [3.05, 3.63) is 33.4 Å². The quantitative estimate of drug-likeness (QED) is 0.867. The summed E-state index contributed by atoms with van der Waals surface area (Å²) < 4.78 is 6.50. The van der Waals surface area contributed by atoms with Gasteiger partial charge >= 0.3 is 0 Å². The van der Waals surface area contributed by atoms with Gasteiger partial charge in [0.15, 0.2) is 0 Å². The van der Waals surface area contributed by atoms with E-state index in [1.165, 1.54) is 0 Å². The predicted octanol–water partition coefficient (Wildman–Crippen LogP) is 2.70. The minimum atomic E-state index is 0.0732. The number of rotatable bonds is 4. The highest BCUT2D eigenvalue weighted by Crippen LogP contribution is 2.22. The zero-order chi connectivity index (χ0) is 10.4. The molecule has 0 aliphatic rings. The van der Waals surface area contributed by atoms with E-state index in [-0.39, 0.29) is 6.61 Å². The standard InChI is InChI=1S/C11H13IO2/c1-2-14-11-6-5-9(4-3-7-13)8-10(11)12/h3-6,8,13H,2,7H2,1H3. The first-order valence-electron chi connectivity index (χ1n) is 4.47. The van der Waals surface area contributed by atoms with E-state index >= 15 is 0 Å². The van der Waals surface area contributed by atoms with Gasteiger partial charge in [-0.05, 0) is 47.2 Å². The zero-order valence-corrected chi connectivity index (χ0v) is 10.2. The van der Waals surface area contributed by atoms with Crippen LogP contribution in [0.1, 0.15) is 12.5 Å². The molecule has 0 aliphatic carbocycles. The molecular weight excluding hydrogens is 291 g/mol. The summed E-state index contributed by atoms with van der Waals surface area (Å²) in [4.78, 5) is 0. The Kier molecular flexibility index (Phi) is 4.97. The SMILES string of the molecule is CCOc1ccc(C=CCO)cc1I. The van der Waals surface area contributed by atoms with E-state index in [4.69, 9.17) is 9.84 Å². The molecule has 0 spiro atoms. The molecule has 1 N–H and O–H groups in total. The van der Waals surface area contributed by atoms with Crippen LogP contribution in [0.5, 0.6) is 5.75 Å². The molecular formula is C11H13IO2. The van der Waals surface area contributed by atoms with Crippen LogP contribution in [0.15, 0.2) is 24.3 Å². The number of hydrogen-bond acceptors (Lipinski definition) is 2. The molecule has 0 aromatic heterocycles. The lowest BCUT2D eigenvalue weighted by atomic mass is 10.2. The molecule has 0 saturated carbocycles. The second-order valence-corrected chi connectivity index (χ2v) is 3.87. The highest BCUT2D eigenvalue weighted by Gasteiger charge is 1.99. The fourth-order valence-corrected chi connectivity index (χ4v) is 1.78. The number of aliphatic hydroxyl groups is 1. The van der Waals surface area contributed by atoms with Crippen molar-refractivity contribution in [2.24, 2.45) is 0 Å². The van der Waals surface area contributed by atoms with Crippen molar-refractivity contribution in [2.75, 3.05) is 13.2 Å². The second kappa shape index (κ2) is 6.03. The third-order valence-electron chi connectivity index (χ3n) is 1.67. The molecule has 0 saturated heterocycles. The number of aliphatic hydroxyl groups excluding tert-OH is 1. The third kappa shape index (κ3) is 3.31. The summed E-state index contributed by atoms with van der Waals surface area (Å²) >= 11 is 2.24. The smallest absolute Gasteiger partial charge is 0.132 e. The number of benzene rings is 1. The first-order valence-corrected chi connectivity index (χ1v) is 5.55. The van der Waals surface area contributed by atoms with Crippen LogP contribution in [0.25, 0.3) is 6.08 Å². The molecule has 1 rings (SSSR count). The summed E-state index contributed by atoms with van der Waals surface area (Å²) in [5.41, 5.74) is 1.08. The van der Waals surface area contributed by atoms with Gasteiger partial charge in [-0.1, -0.05) is 18.2 Å². The van der Waals surface area contributed by atoms with Gasteiger partial charge in [-0.3, -0.25) is 0 Å². The Bertz CT molecular complexity index is 321. The molecule has 0 radical (unpaired) electrons. The van der Waals surface area contributed by atoms with E-state index in [0.29, 0.717) is 6.61 Å². The topological polar surface area (TPSA) is 29.5 Å². The maximum Gasteiger partial charge on any atom is 0.132 e. The Balaban J connectivity index is 2.83. The Hall–Kier alpha value is -0.550. The van der Waals surface area contributed by atoms with Crippen LogP contribution in [0.4, 0.5) is 0 Å². The molecule has 0 amide bonds. The highest BCUT2D eigenvalue weighted by atomic mass is 127. The van der Waals surface area contributed by atoms with E-state index in [0.717, 1.165) is 14.9 Å². The van der Waals surface area contributed by atoms with Gasteiger partial charge in [0, 0.05) is 0 Å². The van der Waals surface area contributed by atoms with E-state index < -0.39 is 0 Å². The van der Waals surface area contributed by atoms with E-state index in [1.807, 2.05) is 31.2 Å². The van der Waals surface area contributed by atoms with Crippen molar-refractivity contribution in [3.8, 4) is 5.75 Å². The Labute approximate surface area is 97.7 Å². The second-order valence-electron chi connectivity index (χ2n) is 2.71. The van der Waals surface area contributed by atoms with Gasteiger partial charge in [0.05, 0.1) is 16.8 Å². The summed E-state index contributed by atoms with van der Waals surface area (Å²) in [5.74, 6) is 0.911. The molecule has 2 nitrogen and oxygen atoms in total. The molecule has 0 bridgehead atoms. The molecule has 0 fully saturated rings. The molecule has 1 aromatic rings. The van der Waals surface area contributed by atoms with Crippen LogP contribution in [0.3, 0.4) is 0 Å². The average Bonchev–Trinajstić information content (AvgIpc) is 2.19. The molecule has 14 heavy (non-hydrogen) atoms. The van der Waals surface area contributed by atoms with Crippen LogP contribution in [0.2, 0.25) is 0 Å². The lowest BCUT2D eigenvalue weighted by molar-refractivity contribution is 0.338. The third-order valence-corrected chi connectivity index (χ3v) is 2.51. The minimum Gasteiger partial charge on any atom is -0.493 e. The van der Waals surface area contributed by atoms with Crippen molar-refractivity contribution >= 4 is 28.7 Å². The van der Waals surface area contributed by atoms with E-state index in [1.54, 1.807) is 6.08 Å². The highest BCUT2D eigenvalue weighted by molar-refractivity contribution is 14.1. The molecule has 1 aromatic carbocycles. The molecule has 0 heterocycles. The summed E-state index contributed by atoms with van der Waals surface area (Å²) in [5, 5.41) is 8.62. The summed E-state index contributed by atoms with van der Waals surface area (Å²) in [7, 11) is 0. The van der Waals surface area contributed by atoms with Crippen molar-refractivity contribution in [1.29, 1.82) is 0 Å². The Morgan fingerprint density at radius 1 is 1.50 bits per heavy atom. The first-order chi connectivity index (χ1) is 6.77. The lowest BCUT2D eigenvalue weighted by Gasteiger charge is -2.05. The molecule has 0 atom stereocenters. The number of ether oxygens (including phenoxy) is 1. The average molecular weight is 304 g/mol. The van der Waals surface area contributed by atoms with Gasteiger partial charge in [0.2, 0.25) is 0 Å².